The minimum absolute atomic E-state index is 0.0134. The van der Waals surface area contributed by atoms with E-state index in [0.29, 0.717) is 5.16 Å². The summed E-state index contributed by atoms with van der Waals surface area (Å²) in [6, 6.07) is 8.78. The summed E-state index contributed by atoms with van der Waals surface area (Å²) >= 11 is 1.26. The van der Waals surface area contributed by atoms with Gasteiger partial charge >= 0.3 is 6.03 Å². The highest BCUT2D eigenvalue weighted by molar-refractivity contribution is 8.00. The highest BCUT2D eigenvalue weighted by atomic mass is 32.2. The molecule has 0 aliphatic rings. The lowest BCUT2D eigenvalue weighted by Gasteiger charge is -2.18. The normalized spacial score (nSPS) is 12.2. The summed E-state index contributed by atoms with van der Waals surface area (Å²) in [6.07, 6.45) is 0. The smallest absolute Gasteiger partial charge is 0.318 e. The van der Waals surface area contributed by atoms with Crippen molar-refractivity contribution in [3.63, 3.8) is 0 Å². The maximum absolute atomic E-state index is 12.2. The van der Waals surface area contributed by atoms with Crippen molar-refractivity contribution in [2.75, 3.05) is 0 Å². The molecule has 1 aromatic heterocycles. The average Bonchev–Trinajstić information content (AvgIpc) is 2.85. The van der Waals surface area contributed by atoms with Crippen LogP contribution in [0, 0.1) is 12.8 Å². The largest absolute Gasteiger partial charge is 0.351 e. The second-order valence-electron chi connectivity index (χ2n) is 5.34. The Morgan fingerprint density at radius 1 is 1.22 bits per heavy atom. The Balaban J connectivity index is 2.31. The van der Waals surface area contributed by atoms with Gasteiger partial charge in [-0.15, -0.1) is 10.2 Å². The van der Waals surface area contributed by atoms with Crippen molar-refractivity contribution in [3.8, 4) is 5.69 Å². The number of hydrogen-bond acceptors (Lipinski definition) is 5. The molecular formula is C15H19N5O2S. The Labute approximate surface area is 138 Å². The fraction of sp³-hybridized carbons (Fsp3) is 0.333. The molecule has 0 aliphatic carbocycles. The van der Waals surface area contributed by atoms with Crippen molar-refractivity contribution in [2.45, 2.75) is 31.2 Å². The molecule has 0 fully saturated rings. The number of urea groups is 1. The van der Waals surface area contributed by atoms with E-state index in [4.69, 9.17) is 5.73 Å². The Morgan fingerprint density at radius 3 is 2.43 bits per heavy atom. The van der Waals surface area contributed by atoms with Crippen LogP contribution >= 0.6 is 11.8 Å². The van der Waals surface area contributed by atoms with Gasteiger partial charge < -0.3 is 5.73 Å². The summed E-state index contributed by atoms with van der Waals surface area (Å²) in [6.45, 7) is 5.64. The molecule has 23 heavy (non-hydrogen) atoms. The number of amides is 3. The lowest BCUT2D eigenvalue weighted by molar-refractivity contribution is -0.120. The van der Waals surface area contributed by atoms with E-state index in [1.54, 1.807) is 0 Å². The average molecular weight is 333 g/mol. The van der Waals surface area contributed by atoms with Gasteiger partial charge in [0.2, 0.25) is 5.91 Å². The van der Waals surface area contributed by atoms with Gasteiger partial charge in [-0.3, -0.25) is 14.7 Å². The number of rotatable bonds is 5. The monoisotopic (exact) mass is 333 g/mol. The van der Waals surface area contributed by atoms with Gasteiger partial charge in [0.05, 0.1) is 5.25 Å². The highest BCUT2D eigenvalue weighted by Crippen LogP contribution is 2.29. The molecule has 0 bridgehead atoms. The number of benzene rings is 1. The molecular weight excluding hydrogens is 314 g/mol. The van der Waals surface area contributed by atoms with Crippen molar-refractivity contribution in [1.82, 2.24) is 20.1 Å². The molecule has 1 aromatic carbocycles. The van der Waals surface area contributed by atoms with Crippen LogP contribution < -0.4 is 11.1 Å². The molecule has 3 N–H and O–H groups in total. The first-order valence-electron chi connectivity index (χ1n) is 7.14. The van der Waals surface area contributed by atoms with E-state index in [1.807, 2.05) is 55.7 Å². The van der Waals surface area contributed by atoms with Gasteiger partial charge in [0.15, 0.2) is 5.16 Å². The first kappa shape index (κ1) is 17.0. The van der Waals surface area contributed by atoms with E-state index >= 15 is 0 Å². The van der Waals surface area contributed by atoms with E-state index in [-0.39, 0.29) is 5.92 Å². The Morgan fingerprint density at radius 2 is 1.87 bits per heavy atom. The van der Waals surface area contributed by atoms with Crippen LogP contribution in [0.3, 0.4) is 0 Å². The third kappa shape index (κ3) is 4.10. The number of aromatic nitrogens is 3. The van der Waals surface area contributed by atoms with Crippen molar-refractivity contribution >= 4 is 23.7 Å². The third-order valence-corrected chi connectivity index (χ3v) is 4.64. The van der Waals surface area contributed by atoms with Crippen LogP contribution in [0.15, 0.2) is 35.5 Å². The standard InChI is InChI=1S/C15H19N5O2S/c1-9(2)12(13(21)17-14(16)22)23-15-19-18-10(3)20(15)11-7-5-4-6-8-11/h4-9,12H,1-3H3,(H3,16,17,21,22). The van der Waals surface area contributed by atoms with Gasteiger partial charge in [-0.1, -0.05) is 43.8 Å². The van der Waals surface area contributed by atoms with Gasteiger partial charge in [0.25, 0.3) is 0 Å². The first-order valence-corrected chi connectivity index (χ1v) is 8.02. The molecule has 7 nitrogen and oxygen atoms in total. The second-order valence-corrected chi connectivity index (χ2v) is 6.45. The van der Waals surface area contributed by atoms with Gasteiger partial charge in [0, 0.05) is 5.69 Å². The fourth-order valence-electron chi connectivity index (χ4n) is 2.09. The number of hydrogen-bond donors (Lipinski definition) is 2. The van der Waals surface area contributed by atoms with Crippen LogP contribution in [0.1, 0.15) is 19.7 Å². The number of nitrogens with one attached hydrogen (secondary N) is 1. The number of nitrogens with two attached hydrogens (primary N) is 1. The zero-order valence-corrected chi connectivity index (χ0v) is 14.0. The Hall–Kier alpha value is -2.35. The van der Waals surface area contributed by atoms with E-state index in [0.717, 1.165) is 11.5 Å². The van der Waals surface area contributed by atoms with Crippen molar-refractivity contribution in [2.24, 2.45) is 11.7 Å². The molecule has 0 saturated carbocycles. The molecule has 2 rings (SSSR count). The SMILES string of the molecule is Cc1nnc(SC(C(=O)NC(N)=O)C(C)C)n1-c1ccccc1. The molecule has 0 aliphatic heterocycles. The first-order chi connectivity index (χ1) is 10.9. The number of thioether (sulfide) groups is 1. The predicted molar refractivity (Wildman–Crippen MR) is 88.3 cm³/mol. The summed E-state index contributed by atoms with van der Waals surface area (Å²) in [5.74, 6) is 0.273. The molecule has 0 spiro atoms. The van der Waals surface area contributed by atoms with Crippen LogP contribution in [0.4, 0.5) is 4.79 Å². The second kappa shape index (κ2) is 7.28. The van der Waals surface area contributed by atoms with Crippen LogP contribution in [0.2, 0.25) is 0 Å². The molecule has 1 heterocycles. The Kier molecular flexibility index (Phi) is 5.38. The summed E-state index contributed by atoms with van der Waals surface area (Å²) in [5, 5.41) is 10.5. The molecule has 0 saturated heterocycles. The van der Waals surface area contributed by atoms with Crippen LogP contribution in [0.5, 0.6) is 0 Å². The number of primary amides is 1. The molecule has 1 unspecified atom stereocenters. The molecule has 8 heteroatoms. The number of carbonyl (C=O) groups excluding carboxylic acids is 2. The zero-order valence-electron chi connectivity index (χ0n) is 13.2. The quantitative estimate of drug-likeness (QED) is 0.813. The van der Waals surface area contributed by atoms with Crippen LogP contribution in [-0.4, -0.2) is 32.0 Å². The van der Waals surface area contributed by atoms with Gasteiger partial charge in [-0.05, 0) is 25.0 Å². The molecule has 2 aromatic rings. The predicted octanol–water partition coefficient (Wildman–Crippen LogP) is 1.89. The molecule has 0 radical (unpaired) electrons. The van der Waals surface area contributed by atoms with Crippen LogP contribution in [-0.2, 0) is 4.79 Å². The van der Waals surface area contributed by atoms with Crippen molar-refractivity contribution in [1.29, 1.82) is 0 Å². The lowest BCUT2D eigenvalue weighted by atomic mass is 10.1. The number of imide groups is 1. The van der Waals surface area contributed by atoms with Gasteiger partial charge in [-0.25, -0.2) is 4.79 Å². The summed E-state index contributed by atoms with van der Waals surface area (Å²) in [7, 11) is 0. The van der Waals surface area contributed by atoms with E-state index in [2.05, 4.69) is 15.5 Å². The third-order valence-electron chi connectivity index (χ3n) is 3.15. The summed E-state index contributed by atoms with van der Waals surface area (Å²) in [5.41, 5.74) is 5.95. The van der Waals surface area contributed by atoms with Gasteiger partial charge in [0.1, 0.15) is 5.82 Å². The van der Waals surface area contributed by atoms with Crippen molar-refractivity contribution in [3.05, 3.63) is 36.2 Å². The van der Waals surface area contributed by atoms with Crippen LogP contribution in [0.25, 0.3) is 5.69 Å². The number of carbonyl (C=O) groups is 2. The summed E-state index contributed by atoms with van der Waals surface area (Å²) < 4.78 is 1.87. The highest BCUT2D eigenvalue weighted by Gasteiger charge is 2.27. The van der Waals surface area contributed by atoms with E-state index in [9.17, 15) is 9.59 Å². The number of para-hydroxylation sites is 1. The van der Waals surface area contributed by atoms with E-state index < -0.39 is 17.2 Å². The molecule has 122 valence electrons. The Bertz CT molecular complexity index is 699. The summed E-state index contributed by atoms with van der Waals surface area (Å²) in [4.78, 5) is 23.1. The minimum atomic E-state index is -0.859. The fourth-order valence-corrected chi connectivity index (χ4v) is 3.19. The zero-order chi connectivity index (χ0) is 17.0. The molecule has 3 amide bonds. The lowest BCUT2D eigenvalue weighted by Crippen LogP contribution is -2.42. The topological polar surface area (TPSA) is 103 Å². The van der Waals surface area contributed by atoms with Crippen molar-refractivity contribution < 1.29 is 9.59 Å². The maximum Gasteiger partial charge on any atom is 0.318 e. The van der Waals surface area contributed by atoms with E-state index in [1.165, 1.54) is 11.8 Å². The molecule has 1 atom stereocenters. The maximum atomic E-state index is 12.2. The number of aryl methyl sites for hydroxylation is 1. The van der Waals surface area contributed by atoms with Gasteiger partial charge in [-0.2, -0.15) is 0 Å². The number of nitrogens with zero attached hydrogens (tertiary/aromatic N) is 3. The minimum Gasteiger partial charge on any atom is -0.351 e.